The predicted octanol–water partition coefficient (Wildman–Crippen LogP) is 3.40. The summed E-state index contributed by atoms with van der Waals surface area (Å²) in [7, 11) is 1.78. The molecule has 5 nitrogen and oxygen atoms in total. The first-order valence-corrected chi connectivity index (χ1v) is 7.67. The summed E-state index contributed by atoms with van der Waals surface area (Å²) < 4.78 is 0. The van der Waals surface area contributed by atoms with Crippen molar-refractivity contribution >= 4 is 6.03 Å². The van der Waals surface area contributed by atoms with Gasteiger partial charge in [-0.25, -0.2) is 9.78 Å². The van der Waals surface area contributed by atoms with Crippen molar-refractivity contribution in [3.8, 4) is 0 Å². The van der Waals surface area contributed by atoms with Crippen LogP contribution in [0.3, 0.4) is 0 Å². The van der Waals surface area contributed by atoms with Crippen LogP contribution in [0, 0.1) is 6.92 Å². The van der Waals surface area contributed by atoms with Crippen molar-refractivity contribution < 1.29 is 4.79 Å². The van der Waals surface area contributed by atoms with Crippen molar-refractivity contribution in [2.24, 2.45) is 0 Å². The second-order valence-corrected chi connectivity index (χ2v) is 5.57. The van der Waals surface area contributed by atoms with Crippen LogP contribution in [0.15, 0.2) is 36.5 Å². The Bertz CT molecular complexity index is 594. The average Bonchev–Trinajstić information content (AvgIpc) is 2.92. The number of rotatable bonds is 6. The maximum absolute atomic E-state index is 12.4. The van der Waals surface area contributed by atoms with E-state index in [1.807, 2.05) is 25.1 Å². The van der Waals surface area contributed by atoms with E-state index < -0.39 is 0 Å². The number of imidazole rings is 1. The molecular formula is C17H24N4O. The fourth-order valence-electron chi connectivity index (χ4n) is 2.40. The lowest BCUT2D eigenvalue weighted by atomic mass is 10.0. The van der Waals surface area contributed by atoms with Crippen LogP contribution in [0.4, 0.5) is 4.79 Å². The third-order valence-corrected chi connectivity index (χ3v) is 3.57. The highest BCUT2D eigenvalue weighted by molar-refractivity contribution is 5.74. The van der Waals surface area contributed by atoms with Gasteiger partial charge >= 0.3 is 6.03 Å². The molecule has 0 saturated carbocycles. The molecule has 2 N–H and O–H groups in total. The molecule has 22 heavy (non-hydrogen) atoms. The van der Waals surface area contributed by atoms with Crippen LogP contribution in [0.5, 0.6) is 0 Å². The number of aryl methyl sites for hydroxylation is 1. The molecular weight excluding hydrogens is 276 g/mol. The lowest BCUT2D eigenvalue weighted by Crippen LogP contribution is -2.39. The lowest BCUT2D eigenvalue weighted by Gasteiger charge is -2.23. The number of benzene rings is 1. The molecule has 0 fully saturated rings. The Kier molecular flexibility index (Phi) is 5.58. The van der Waals surface area contributed by atoms with E-state index in [1.54, 1.807) is 18.1 Å². The number of carbonyl (C=O) groups excluding carboxylic acids is 1. The number of aromatic amines is 1. The van der Waals surface area contributed by atoms with E-state index in [-0.39, 0.29) is 12.1 Å². The molecule has 2 amide bonds. The fourth-order valence-corrected chi connectivity index (χ4v) is 2.40. The normalized spacial score (nSPS) is 12.0. The van der Waals surface area contributed by atoms with Crippen LogP contribution in [-0.2, 0) is 6.54 Å². The fraction of sp³-hybridized carbons (Fsp3) is 0.412. The summed E-state index contributed by atoms with van der Waals surface area (Å²) in [6.45, 7) is 4.54. The molecule has 1 atom stereocenters. The Morgan fingerprint density at radius 1 is 1.36 bits per heavy atom. The van der Waals surface area contributed by atoms with Crippen molar-refractivity contribution in [2.45, 2.75) is 39.3 Å². The highest BCUT2D eigenvalue weighted by Crippen LogP contribution is 2.18. The molecule has 0 aliphatic carbocycles. The predicted molar refractivity (Wildman–Crippen MR) is 87.4 cm³/mol. The number of hydrogen-bond donors (Lipinski definition) is 2. The van der Waals surface area contributed by atoms with Gasteiger partial charge in [0.1, 0.15) is 5.82 Å². The zero-order chi connectivity index (χ0) is 15.9. The summed E-state index contributed by atoms with van der Waals surface area (Å²) in [5, 5.41) is 3.11. The molecule has 118 valence electrons. The standard InChI is InChI=1S/C17H24N4O/c1-4-8-15(14-9-6-5-7-10-14)20-17(22)21(3)12-16-18-11-13(2)19-16/h5-7,9-11,15H,4,8,12H2,1-3H3,(H,18,19)(H,20,22)/t15-/m0/s1. The average molecular weight is 300 g/mol. The van der Waals surface area contributed by atoms with E-state index in [9.17, 15) is 4.79 Å². The number of H-pyrrole nitrogens is 1. The molecule has 1 heterocycles. The van der Waals surface area contributed by atoms with Crippen molar-refractivity contribution in [1.29, 1.82) is 0 Å². The highest BCUT2D eigenvalue weighted by atomic mass is 16.2. The Balaban J connectivity index is 1.98. The van der Waals surface area contributed by atoms with Crippen LogP contribution in [0.1, 0.15) is 42.9 Å². The van der Waals surface area contributed by atoms with Gasteiger partial charge in [-0.1, -0.05) is 43.7 Å². The summed E-state index contributed by atoms with van der Waals surface area (Å²) in [5.74, 6) is 0.793. The van der Waals surface area contributed by atoms with Gasteiger partial charge in [0.15, 0.2) is 0 Å². The van der Waals surface area contributed by atoms with Crippen LogP contribution in [0.25, 0.3) is 0 Å². The maximum atomic E-state index is 12.4. The Labute approximate surface area is 131 Å². The molecule has 5 heteroatoms. The van der Waals surface area contributed by atoms with Crippen molar-refractivity contribution in [2.75, 3.05) is 7.05 Å². The van der Waals surface area contributed by atoms with E-state index in [0.717, 1.165) is 29.9 Å². The summed E-state index contributed by atoms with van der Waals surface area (Å²) in [5.41, 5.74) is 2.14. The molecule has 0 bridgehead atoms. The van der Waals surface area contributed by atoms with E-state index in [1.165, 1.54) is 0 Å². The summed E-state index contributed by atoms with van der Waals surface area (Å²) in [6.07, 6.45) is 3.70. The number of hydrogen-bond acceptors (Lipinski definition) is 2. The van der Waals surface area contributed by atoms with Crippen LogP contribution in [-0.4, -0.2) is 27.9 Å². The number of nitrogens with zero attached hydrogens (tertiary/aromatic N) is 2. The van der Waals surface area contributed by atoms with Gasteiger partial charge in [-0.2, -0.15) is 0 Å². The minimum atomic E-state index is -0.0867. The van der Waals surface area contributed by atoms with E-state index >= 15 is 0 Å². The number of aromatic nitrogens is 2. The van der Waals surface area contributed by atoms with Crippen LogP contribution in [0.2, 0.25) is 0 Å². The third kappa shape index (κ3) is 4.35. The molecule has 2 rings (SSSR count). The minimum absolute atomic E-state index is 0.0412. The van der Waals surface area contributed by atoms with Gasteiger partial charge in [0, 0.05) is 18.9 Å². The molecule has 0 unspecified atom stereocenters. The van der Waals surface area contributed by atoms with Crippen LogP contribution < -0.4 is 5.32 Å². The highest BCUT2D eigenvalue weighted by Gasteiger charge is 2.17. The summed E-state index contributed by atoms with van der Waals surface area (Å²) in [4.78, 5) is 21.4. The molecule has 0 aliphatic heterocycles. The monoisotopic (exact) mass is 300 g/mol. The third-order valence-electron chi connectivity index (χ3n) is 3.57. The maximum Gasteiger partial charge on any atom is 0.318 e. The second kappa shape index (κ2) is 7.64. The molecule has 0 aliphatic rings. The second-order valence-electron chi connectivity index (χ2n) is 5.57. The molecule has 0 spiro atoms. The molecule has 0 saturated heterocycles. The first kappa shape index (κ1) is 16.1. The molecule has 1 aromatic heterocycles. The van der Waals surface area contributed by atoms with Gasteiger partial charge in [-0.15, -0.1) is 0 Å². The van der Waals surface area contributed by atoms with Gasteiger partial charge in [0.25, 0.3) is 0 Å². The zero-order valence-corrected chi connectivity index (χ0v) is 13.5. The number of carbonyl (C=O) groups is 1. The summed E-state index contributed by atoms with van der Waals surface area (Å²) in [6, 6.07) is 10.0. The van der Waals surface area contributed by atoms with Gasteiger partial charge in [-0.3, -0.25) is 0 Å². The molecule has 1 aromatic carbocycles. The number of nitrogens with one attached hydrogen (secondary N) is 2. The minimum Gasteiger partial charge on any atom is -0.345 e. The smallest absolute Gasteiger partial charge is 0.318 e. The SMILES string of the molecule is CCC[C@H](NC(=O)N(C)Cc1ncc(C)[nH]1)c1ccccc1. The topological polar surface area (TPSA) is 61.0 Å². The lowest BCUT2D eigenvalue weighted by molar-refractivity contribution is 0.201. The molecule has 2 aromatic rings. The quantitative estimate of drug-likeness (QED) is 0.859. The van der Waals surface area contributed by atoms with Gasteiger partial charge < -0.3 is 15.2 Å². The van der Waals surface area contributed by atoms with E-state index in [4.69, 9.17) is 0 Å². The van der Waals surface area contributed by atoms with E-state index in [0.29, 0.717) is 6.54 Å². The Morgan fingerprint density at radius 2 is 2.09 bits per heavy atom. The van der Waals surface area contributed by atoms with Crippen molar-refractivity contribution in [3.63, 3.8) is 0 Å². The number of urea groups is 1. The van der Waals surface area contributed by atoms with Crippen molar-refractivity contribution in [1.82, 2.24) is 20.2 Å². The largest absolute Gasteiger partial charge is 0.345 e. The number of amides is 2. The summed E-state index contributed by atoms with van der Waals surface area (Å²) >= 11 is 0. The van der Waals surface area contributed by atoms with Gasteiger partial charge in [0.05, 0.1) is 12.6 Å². The van der Waals surface area contributed by atoms with Crippen LogP contribution >= 0.6 is 0 Å². The Morgan fingerprint density at radius 3 is 2.68 bits per heavy atom. The first-order chi connectivity index (χ1) is 10.6. The molecule has 0 radical (unpaired) electrons. The Hall–Kier alpha value is -2.30. The zero-order valence-electron chi connectivity index (χ0n) is 13.5. The van der Waals surface area contributed by atoms with E-state index in [2.05, 4.69) is 34.3 Å². The van der Waals surface area contributed by atoms with Gasteiger partial charge in [-0.05, 0) is 18.9 Å². The van der Waals surface area contributed by atoms with Crippen molar-refractivity contribution in [3.05, 3.63) is 53.6 Å². The first-order valence-electron chi connectivity index (χ1n) is 7.67. The van der Waals surface area contributed by atoms with Gasteiger partial charge in [0.2, 0.25) is 0 Å².